The molecular formula is C23H26N4O4. The lowest BCUT2D eigenvalue weighted by molar-refractivity contribution is -0.119. The van der Waals surface area contributed by atoms with Crippen LogP contribution in [-0.4, -0.2) is 61.9 Å². The van der Waals surface area contributed by atoms with E-state index in [0.717, 1.165) is 5.56 Å². The lowest BCUT2D eigenvalue weighted by Gasteiger charge is -2.36. The van der Waals surface area contributed by atoms with Crippen LogP contribution in [0, 0.1) is 0 Å². The van der Waals surface area contributed by atoms with E-state index < -0.39 is 5.66 Å². The molecule has 2 aromatic rings. The van der Waals surface area contributed by atoms with Crippen LogP contribution in [0.2, 0.25) is 0 Å². The van der Waals surface area contributed by atoms with Gasteiger partial charge in [-0.15, -0.1) is 0 Å². The first-order valence-electron chi connectivity index (χ1n) is 10.2. The maximum atomic E-state index is 12.6. The molecule has 2 N–H and O–H groups in total. The second-order valence-corrected chi connectivity index (χ2v) is 7.74. The van der Waals surface area contributed by atoms with Gasteiger partial charge in [-0.3, -0.25) is 19.5 Å². The van der Waals surface area contributed by atoms with Crippen molar-refractivity contribution in [3.05, 3.63) is 54.1 Å². The number of ether oxygens (including phenoxy) is 2. The molecule has 0 bridgehead atoms. The van der Waals surface area contributed by atoms with Gasteiger partial charge in [0, 0.05) is 55.4 Å². The minimum absolute atomic E-state index is 0.116. The normalized spacial score (nSPS) is 17.7. The molecule has 0 radical (unpaired) electrons. The molecule has 2 amide bonds. The van der Waals surface area contributed by atoms with E-state index in [0.29, 0.717) is 48.8 Å². The van der Waals surface area contributed by atoms with Gasteiger partial charge in [-0.05, 0) is 0 Å². The van der Waals surface area contributed by atoms with E-state index in [1.165, 1.54) is 0 Å². The number of rotatable bonds is 6. The molecule has 31 heavy (non-hydrogen) atoms. The van der Waals surface area contributed by atoms with Crippen molar-refractivity contribution in [3.63, 3.8) is 0 Å². The van der Waals surface area contributed by atoms with Gasteiger partial charge < -0.3 is 20.1 Å². The van der Waals surface area contributed by atoms with Gasteiger partial charge in [0.1, 0.15) is 22.9 Å². The smallest absolute Gasteiger partial charge is 0.272 e. The molecule has 1 fully saturated rings. The fraction of sp³-hybridized carbons (Fsp3) is 0.348. The number of nitrogens with one attached hydrogen (secondary N) is 2. The summed E-state index contributed by atoms with van der Waals surface area (Å²) in [7, 11) is 3.13. The molecule has 8 heteroatoms. The first kappa shape index (κ1) is 20.9. The fourth-order valence-corrected chi connectivity index (χ4v) is 3.96. The Labute approximate surface area is 181 Å². The predicted octanol–water partition coefficient (Wildman–Crippen LogP) is 2.05. The number of anilines is 1. The second-order valence-electron chi connectivity index (χ2n) is 7.74. The quantitative estimate of drug-likeness (QED) is 0.744. The number of piperidine rings is 1. The van der Waals surface area contributed by atoms with E-state index in [1.54, 1.807) is 32.4 Å². The van der Waals surface area contributed by atoms with E-state index in [1.807, 2.05) is 30.3 Å². The average Bonchev–Trinajstić information content (AvgIpc) is 3.11. The highest BCUT2D eigenvalue weighted by atomic mass is 16.5. The Kier molecular flexibility index (Phi) is 5.90. The topological polar surface area (TPSA) is 92.3 Å². The number of carbonyl (C=O) groups is 2. The summed E-state index contributed by atoms with van der Waals surface area (Å²) in [5.41, 5.74) is 1.36. The highest BCUT2D eigenvalue weighted by Crippen LogP contribution is 2.29. The zero-order valence-corrected chi connectivity index (χ0v) is 17.7. The summed E-state index contributed by atoms with van der Waals surface area (Å²) in [4.78, 5) is 31.8. The molecule has 1 spiro atoms. The minimum atomic E-state index is -0.574. The second kappa shape index (κ2) is 8.77. The Hall–Kier alpha value is -3.39. The summed E-state index contributed by atoms with van der Waals surface area (Å²) < 4.78 is 10.5. The van der Waals surface area contributed by atoms with Crippen molar-refractivity contribution in [2.45, 2.75) is 18.5 Å². The largest absolute Gasteiger partial charge is 0.497 e. The molecule has 2 aromatic carbocycles. The molecular weight excluding hydrogens is 396 g/mol. The number of carbonyl (C=O) groups excluding carboxylic acids is 2. The Balaban J connectivity index is 1.35. The van der Waals surface area contributed by atoms with Crippen molar-refractivity contribution in [1.29, 1.82) is 0 Å². The highest BCUT2D eigenvalue weighted by molar-refractivity contribution is 6.46. The highest BCUT2D eigenvalue weighted by Gasteiger charge is 2.42. The number of amides is 2. The van der Waals surface area contributed by atoms with Gasteiger partial charge in [-0.1, -0.05) is 30.3 Å². The summed E-state index contributed by atoms with van der Waals surface area (Å²) in [6.07, 6.45) is 1.32. The average molecular weight is 422 g/mol. The fourth-order valence-electron chi connectivity index (χ4n) is 3.96. The SMILES string of the molecule is COc1cc(NC(=O)CN2CCC3(CC2)N=C(c2ccccc2)C(=O)N3)cc(OC)c1. The molecule has 0 saturated carbocycles. The van der Waals surface area contributed by atoms with Gasteiger partial charge in [0.2, 0.25) is 5.91 Å². The predicted molar refractivity (Wildman–Crippen MR) is 118 cm³/mol. The van der Waals surface area contributed by atoms with Crippen LogP contribution in [-0.2, 0) is 9.59 Å². The monoisotopic (exact) mass is 422 g/mol. The molecule has 0 atom stereocenters. The third-order valence-electron chi connectivity index (χ3n) is 5.62. The number of nitrogens with zero attached hydrogens (tertiary/aromatic N) is 2. The van der Waals surface area contributed by atoms with E-state index >= 15 is 0 Å². The Morgan fingerprint density at radius 3 is 2.35 bits per heavy atom. The van der Waals surface area contributed by atoms with Crippen molar-refractivity contribution in [3.8, 4) is 11.5 Å². The van der Waals surface area contributed by atoms with Crippen molar-refractivity contribution in [1.82, 2.24) is 10.2 Å². The molecule has 0 aromatic heterocycles. The van der Waals surface area contributed by atoms with Crippen LogP contribution in [0.3, 0.4) is 0 Å². The Morgan fingerprint density at radius 1 is 1.10 bits per heavy atom. The third-order valence-corrected chi connectivity index (χ3v) is 5.62. The third kappa shape index (κ3) is 4.69. The summed E-state index contributed by atoms with van der Waals surface area (Å²) in [5.74, 6) is 0.969. The Morgan fingerprint density at radius 2 is 1.74 bits per heavy atom. The molecule has 2 aliphatic heterocycles. The molecule has 2 aliphatic rings. The van der Waals surface area contributed by atoms with Crippen LogP contribution < -0.4 is 20.1 Å². The van der Waals surface area contributed by atoms with E-state index in [9.17, 15) is 9.59 Å². The van der Waals surface area contributed by atoms with Gasteiger partial charge in [0.05, 0.1) is 20.8 Å². The van der Waals surface area contributed by atoms with Gasteiger partial charge in [0.25, 0.3) is 5.91 Å². The summed E-state index contributed by atoms with van der Waals surface area (Å²) in [6, 6.07) is 14.7. The number of hydrogen-bond acceptors (Lipinski definition) is 6. The van der Waals surface area contributed by atoms with Crippen LogP contribution in [0.4, 0.5) is 5.69 Å². The minimum Gasteiger partial charge on any atom is -0.497 e. The van der Waals surface area contributed by atoms with Gasteiger partial charge in [-0.2, -0.15) is 0 Å². The summed E-state index contributed by atoms with van der Waals surface area (Å²) in [5, 5.41) is 5.96. The van der Waals surface area contributed by atoms with E-state index in [4.69, 9.17) is 14.5 Å². The number of hydrogen-bond donors (Lipinski definition) is 2. The first-order chi connectivity index (χ1) is 15.0. The molecule has 0 aliphatic carbocycles. The summed E-state index contributed by atoms with van der Waals surface area (Å²) >= 11 is 0. The molecule has 0 unspecified atom stereocenters. The van der Waals surface area contributed by atoms with Crippen LogP contribution in [0.1, 0.15) is 18.4 Å². The van der Waals surface area contributed by atoms with Crippen LogP contribution >= 0.6 is 0 Å². The van der Waals surface area contributed by atoms with E-state index in [-0.39, 0.29) is 18.4 Å². The molecule has 162 valence electrons. The lowest BCUT2D eigenvalue weighted by atomic mass is 9.98. The van der Waals surface area contributed by atoms with Crippen molar-refractivity contribution >= 4 is 23.2 Å². The zero-order valence-electron chi connectivity index (χ0n) is 17.7. The molecule has 2 heterocycles. The van der Waals surface area contributed by atoms with Crippen LogP contribution in [0.5, 0.6) is 11.5 Å². The maximum absolute atomic E-state index is 12.6. The molecule has 1 saturated heterocycles. The number of likely N-dealkylation sites (tertiary alicyclic amines) is 1. The first-order valence-corrected chi connectivity index (χ1v) is 10.2. The standard InChI is InChI=1S/C23H26N4O4/c1-30-18-12-17(13-19(14-18)31-2)24-20(28)15-27-10-8-23(9-11-27)25-21(22(29)26-23)16-6-4-3-5-7-16/h3-7,12-14H,8-11,15H2,1-2H3,(H,24,28)(H,26,29). The maximum Gasteiger partial charge on any atom is 0.272 e. The number of methoxy groups -OCH3 is 2. The number of aliphatic imine (C=N–C) groups is 1. The van der Waals surface area contributed by atoms with Crippen molar-refractivity contribution in [2.75, 3.05) is 39.2 Å². The Bertz CT molecular complexity index is 976. The zero-order chi connectivity index (χ0) is 21.8. The lowest BCUT2D eigenvalue weighted by Crippen LogP contribution is -2.52. The summed E-state index contributed by atoms with van der Waals surface area (Å²) in [6.45, 7) is 1.60. The van der Waals surface area contributed by atoms with E-state index in [2.05, 4.69) is 15.5 Å². The molecule has 8 nitrogen and oxygen atoms in total. The van der Waals surface area contributed by atoms with Crippen LogP contribution in [0.25, 0.3) is 0 Å². The van der Waals surface area contributed by atoms with Gasteiger partial charge >= 0.3 is 0 Å². The van der Waals surface area contributed by atoms with Gasteiger partial charge in [0.15, 0.2) is 0 Å². The molecule has 4 rings (SSSR count). The van der Waals surface area contributed by atoms with Gasteiger partial charge in [-0.25, -0.2) is 0 Å². The van der Waals surface area contributed by atoms with Crippen LogP contribution in [0.15, 0.2) is 53.5 Å². The number of benzene rings is 2. The van der Waals surface area contributed by atoms with Crippen molar-refractivity contribution < 1.29 is 19.1 Å². The van der Waals surface area contributed by atoms with Crippen molar-refractivity contribution in [2.24, 2.45) is 4.99 Å².